The number of halogens is 1. The molecule has 9 heteroatoms. The second-order valence-corrected chi connectivity index (χ2v) is 6.91. The lowest BCUT2D eigenvalue weighted by Crippen LogP contribution is -2.46. The van der Waals surface area contributed by atoms with Crippen LogP contribution in [0.4, 0.5) is 0 Å². The molecule has 1 amide bonds. The predicted molar refractivity (Wildman–Crippen MR) is 111 cm³/mol. The van der Waals surface area contributed by atoms with Crippen molar-refractivity contribution in [2.75, 3.05) is 26.7 Å². The first-order chi connectivity index (χ1) is 12.3. The average molecular weight is 475 g/mol. The third kappa shape index (κ3) is 5.82. The van der Waals surface area contributed by atoms with Crippen LogP contribution in [0.3, 0.4) is 0 Å². The molecule has 0 aromatic carbocycles. The number of carbonyl (C=O) groups is 1. The molecule has 0 spiro atoms. The van der Waals surface area contributed by atoms with E-state index in [-0.39, 0.29) is 35.9 Å². The van der Waals surface area contributed by atoms with E-state index in [1.54, 1.807) is 18.1 Å². The summed E-state index contributed by atoms with van der Waals surface area (Å²) in [6.07, 6.45) is 10.0. The van der Waals surface area contributed by atoms with Gasteiger partial charge in [-0.3, -0.25) is 14.5 Å². The van der Waals surface area contributed by atoms with E-state index in [9.17, 15) is 4.79 Å². The third-order valence-corrected chi connectivity index (χ3v) is 5.12. The highest BCUT2D eigenvalue weighted by Crippen LogP contribution is 2.26. The van der Waals surface area contributed by atoms with Crippen molar-refractivity contribution in [2.45, 2.75) is 51.1 Å². The Morgan fingerprint density at radius 1 is 1.27 bits per heavy atom. The van der Waals surface area contributed by atoms with Crippen LogP contribution in [0.1, 0.15) is 38.5 Å². The maximum atomic E-state index is 12.6. The van der Waals surface area contributed by atoms with E-state index >= 15 is 0 Å². The smallest absolute Gasteiger partial charge is 0.225 e. The predicted octanol–water partition coefficient (Wildman–Crippen LogP) is 1.24. The Morgan fingerprint density at radius 3 is 2.77 bits per heavy atom. The molecule has 2 heterocycles. The largest absolute Gasteiger partial charge is 0.355 e. The molecule has 1 unspecified atom stereocenters. The number of nitrogens with zero attached hydrogens (tertiary/aromatic N) is 5. The molecule has 1 aliphatic heterocycles. The van der Waals surface area contributed by atoms with Gasteiger partial charge in [-0.15, -0.1) is 24.0 Å². The van der Waals surface area contributed by atoms with Crippen LogP contribution in [0.15, 0.2) is 17.6 Å². The lowest BCUT2D eigenvalue weighted by atomic mass is 9.88. The minimum absolute atomic E-state index is 0. The number of aliphatic imine (C=N–C) groups is 1. The Kier molecular flexibility index (Phi) is 8.60. The summed E-state index contributed by atoms with van der Waals surface area (Å²) in [4.78, 5) is 22.9. The van der Waals surface area contributed by atoms with Crippen molar-refractivity contribution in [3.05, 3.63) is 12.7 Å². The number of hydrogen-bond acceptors (Lipinski definition) is 4. The standard InChI is InChI=1S/C17H29N7O.HI/c1-18-17(20-8-10-24-13-19-12-21-24)22-15-7-9-23(11-15)16(25)14-5-3-2-4-6-14;/h12-15H,2-11H2,1H3,(H2,18,20,22);1H. The maximum Gasteiger partial charge on any atom is 0.225 e. The number of hydrogen-bond donors (Lipinski definition) is 2. The highest BCUT2D eigenvalue weighted by molar-refractivity contribution is 14.0. The van der Waals surface area contributed by atoms with Gasteiger partial charge in [-0.05, 0) is 19.3 Å². The Balaban J connectivity index is 0.00000243. The van der Waals surface area contributed by atoms with Crippen molar-refractivity contribution in [2.24, 2.45) is 10.9 Å². The summed E-state index contributed by atoms with van der Waals surface area (Å²) < 4.78 is 1.78. The zero-order valence-corrected chi connectivity index (χ0v) is 17.8. The number of amides is 1. The number of likely N-dealkylation sites (tertiary alicyclic amines) is 1. The SMILES string of the molecule is CN=C(NCCn1cncn1)NC1CCN(C(=O)C2CCCCC2)C1.I. The van der Waals surface area contributed by atoms with Crippen LogP contribution in [0.25, 0.3) is 0 Å². The molecule has 1 aromatic heterocycles. The first kappa shape index (κ1) is 20.9. The van der Waals surface area contributed by atoms with Gasteiger partial charge in [-0.25, -0.2) is 4.98 Å². The summed E-state index contributed by atoms with van der Waals surface area (Å²) in [5, 5.41) is 10.8. The summed E-state index contributed by atoms with van der Waals surface area (Å²) in [6, 6.07) is 0.269. The molecule has 0 radical (unpaired) electrons. The molecule has 1 saturated heterocycles. The Bertz CT molecular complexity index is 572. The van der Waals surface area contributed by atoms with Gasteiger partial charge in [-0.1, -0.05) is 19.3 Å². The summed E-state index contributed by atoms with van der Waals surface area (Å²) in [7, 11) is 1.77. The molecule has 146 valence electrons. The Hall–Kier alpha value is -1.39. The molecular formula is C17H30IN7O. The first-order valence-corrected chi connectivity index (χ1v) is 9.34. The number of nitrogens with one attached hydrogen (secondary N) is 2. The van der Waals surface area contributed by atoms with Gasteiger partial charge in [-0.2, -0.15) is 5.10 Å². The fourth-order valence-corrected chi connectivity index (χ4v) is 3.71. The molecule has 2 fully saturated rings. The van der Waals surface area contributed by atoms with Gasteiger partial charge in [0.25, 0.3) is 0 Å². The third-order valence-electron chi connectivity index (χ3n) is 5.12. The van der Waals surface area contributed by atoms with Crippen LogP contribution >= 0.6 is 24.0 Å². The van der Waals surface area contributed by atoms with Crippen molar-refractivity contribution in [3.8, 4) is 0 Å². The number of aromatic nitrogens is 3. The maximum absolute atomic E-state index is 12.6. The van der Waals surface area contributed by atoms with Crippen LogP contribution < -0.4 is 10.6 Å². The van der Waals surface area contributed by atoms with Crippen LogP contribution in [0, 0.1) is 5.92 Å². The molecular weight excluding hydrogens is 445 g/mol. The quantitative estimate of drug-likeness (QED) is 0.380. The van der Waals surface area contributed by atoms with E-state index in [0.717, 1.165) is 51.4 Å². The molecule has 8 nitrogen and oxygen atoms in total. The molecule has 2 N–H and O–H groups in total. The second-order valence-electron chi connectivity index (χ2n) is 6.91. The van der Waals surface area contributed by atoms with Crippen molar-refractivity contribution >= 4 is 35.8 Å². The lowest BCUT2D eigenvalue weighted by Gasteiger charge is -2.26. The van der Waals surface area contributed by atoms with Crippen LogP contribution in [0.2, 0.25) is 0 Å². The highest BCUT2D eigenvalue weighted by atomic mass is 127. The zero-order chi connectivity index (χ0) is 17.5. The second kappa shape index (κ2) is 10.7. The zero-order valence-electron chi connectivity index (χ0n) is 15.4. The number of carbonyl (C=O) groups excluding carboxylic acids is 1. The van der Waals surface area contributed by atoms with Gasteiger partial charge in [0.15, 0.2) is 5.96 Å². The first-order valence-electron chi connectivity index (χ1n) is 9.34. The van der Waals surface area contributed by atoms with Crippen molar-refractivity contribution < 1.29 is 4.79 Å². The topological polar surface area (TPSA) is 87.4 Å². The molecule has 1 aromatic rings. The van der Waals surface area contributed by atoms with Gasteiger partial charge >= 0.3 is 0 Å². The highest BCUT2D eigenvalue weighted by Gasteiger charge is 2.31. The van der Waals surface area contributed by atoms with Gasteiger partial charge in [0, 0.05) is 38.6 Å². The van der Waals surface area contributed by atoms with E-state index in [2.05, 4.69) is 25.7 Å². The number of rotatable bonds is 5. The van der Waals surface area contributed by atoms with Gasteiger partial charge in [0.1, 0.15) is 12.7 Å². The van der Waals surface area contributed by atoms with E-state index in [1.807, 2.05) is 4.90 Å². The fourth-order valence-electron chi connectivity index (χ4n) is 3.71. The molecule has 1 aliphatic carbocycles. The summed E-state index contributed by atoms with van der Waals surface area (Å²) in [5.41, 5.74) is 0. The van der Waals surface area contributed by atoms with E-state index < -0.39 is 0 Å². The van der Waals surface area contributed by atoms with Crippen LogP contribution in [-0.4, -0.2) is 64.3 Å². The molecule has 3 rings (SSSR count). The molecule has 0 bridgehead atoms. The van der Waals surface area contributed by atoms with Gasteiger partial charge in [0.2, 0.25) is 5.91 Å². The van der Waals surface area contributed by atoms with E-state index in [4.69, 9.17) is 0 Å². The van der Waals surface area contributed by atoms with Crippen LogP contribution in [0.5, 0.6) is 0 Å². The van der Waals surface area contributed by atoms with Crippen molar-refractivity contribution in [3.63, 3.8) is 0 Å². The minimum Gasteiger partial charge on any atom is -0.355 e. The summed E-state index contributed by atoms with van der Waals surface area (Å²) >= 11 is 0. The van der Waals surface area contributed by atoms with Gasteiger partial charge < -0.3 is 15.5 Å². The Labute approximate surface area is 172 Å². The van der Waals surface area contributed by atoms with Crippen molar-refractivity contribution in [1.82, 2.24) is 30.3 Å². The van der Waals surface area contributed by atoms with E-state index in [1.165, 1.54) is 25.6 Å². The monoisotopic (exact) mass is 475 g/mol. The number of guanidine groups is 1. The summed E-state index contributed by atoms with van der Waals surface area (Å²) in [5.74, 6) is 1.39. The van der Waals surface area contributed by atoms with Crippen LogP contribution in [-0.2, 0) is 11.3 Å². The molecule has 26 heavy (non-hydrogen) atoms. The minimum atomic E-state index is 0. The molecule has 1 saturated carbocycles. The fraction of sp³-hybridized carbons (Fsp3) is 0.765. The molecule has 2 aliphatic rings. The molecule has 1 atom stereocenters. The lowest BCUT2D eigenvalue weighted by molar-refractivity contribution is -0.135. The summed E-state index contributed by atoms with van der Waals surface area (Å²) in [6.45, 7) is 3.08. The van der Waals surface area contributed by atoms with E-state index in [0.29, 0.717) is 5.91 Å². The average Bonchev–Trinajstić information content (AvgIpc) is 3.33. The van der Waals surface area contributed by atoms with Gasteiger partial charge in [0.05, 0.1) is 6.54 Å². The Morgan fingerprint density at radius 2 is 2.08 bits per heavy atom. The van der Waals surface area contributed by atoms with Crippen molar-refractivity contribution in [1.29, 1.82) is 0 Å². The normalized spacial score (nSPS) is 21.3.